The summed E-state index contributed by atoms with van der Waals surface area (Å²) in [6.07, 6.45) is 4.09. The van der Waals surface area contributed by atoms with E-state index in [1.165, 1.54) is 16.7 Å². The summed E-state index contributed by atoms with van der Waals surface area (Å²) in [7, 11) is 1.67. The fourth-order valence-electron chi connectivity index (χ4n) is 4.06. The molecule has 0 saturated carbocycles. The summed E-state index contributed by atoms with van der Waals surface area (Å²) >= 11 is 0. The van der Waals surface area contributed by atoms with Crippen molar-refractivity contribution >= 4 is 16.8 Å². The monoisotopic (exact) mass is 362 g/mol. The van der Waals surface area contributed by atoms with E-state index in [1.807, 2.05) is 35.0 Å². The number of likely N-dealkylation sites (tertiary alicyclic amines) is 1. The third-order valence-corrected chi connectivity index (χ3v) is 5.77. The maximum atomic E-state index is 13.1. The van der Waals surface area contributed by atoms with Crippen LogP contribution in [0.4, 0.5) is 0 Å². The zero-order chi connectivity index (χ0) is 19.0. The molecule has 0 aliphatic carbocycles. The summed E-state index contributed by atoms with van der Waals surface area (Å²) in [5.74, 6) is 1.02. The minimum absolute atomic E-state index is 0.184. The standard InChI is InChI=1S/C23H26N2O2/c1-16-6-7-18(13-17(16)2)22-5-4-11-25(22)23(26)15-24-12-10-19-14-20(27-3)8-9-21(19)24/h6-10,12-14,22H,4-5,11,15H2,1-3H3. The van der Waals surface area contributed by atoms with E-state index < -0.39 is 0 Å². The van der Waals surface area contributed by atoms with E-state index >= 15 is 0 Å². The molecule has 4 heteroatoms. The molecule has 1 atom stereocenters. The molecule has 1 unspecified atom stereocenters. The Morgan fingerprint density at radius 1 is 1.11 bits per heavy atom. The van der Waals surface area contributed by atoms with Crippen LogP contribution in [0.15, 0.2) is 48.7 Å². The number of fused-ring (bicyclic) bond motifs is 1. The van der Waals surface area contributed by atoms with Crippen molar-refractivity contribution in [3.8, 4) is 5.75 Å². The molecule has 0 N–H and O–H groups in total. The molecule has 4 nitrogen and oxygen atoms in total. The zero-order valence-electron chi connectivity index (χ0n) is 16.2. The van der Waals surface area contributed by atoms with Crippen LogP contribution in [0.25, 0.3) is 10.9 Å². The van der Waals surface area contributed by atoms with Crippen LogP contribution in [0.5, 0.6) is 5.75 Å². The molecule has 2 aromatic carbocycles. The maximum absolute atomic E-state index is 13.1. The Hall–Kier alpha value is -2.75. The number of rotatable bonds is 4. The number of methoxy groups -OCH3 is 1. The first-order chi connectivity index (χ1) is 13.1. The molecule has 1 amide bonds. The topological polar surface area (TPSA) is 34.5 Å². The van der Waals surface area contributed by atoms with E-state index in [0.717, 1.165) is 36.0 Å². The van der Waals surface area contributed by atoms with E-state index in [1.54, 1.807) is 7.11 Å². The van der Waals surface area contributed by atoms with Crippen LogP contribution in [-0.2, 0) is 11.3 Å². The second-order valence-electron chi connectivity index (χ2n) is 7.46. The minimum Gasteiger partial charge on any atom is -0.497 e. The van der Waals surface area contributed by atoms with E-state index in [-0.39, 0.29) is 11.9 Å². The average Bonchev–Trinajstić information content (AvgIpc) is 3.31. The molecular weight excluding hydrogens is 336 g/mol. The summed E-state index contributed by atoms with van der Waals surface area (Å²) in [5, 5.41) is 1.09. The van der Waals surface area contributed by atoms with Crippen LogP contribution >= 0.6 is 0 Å². The predicted octanol–water partition coefficient (Wildman–Crippen LogP) is 4.63. The van der Waals surface area contributed by atoms with Gasteiger partial charge >= 0.3 is 0 Å². The van der Waals surface area contributed by atoms with Gasteiger partial charge in [-0.2, -0.15) is 0 Å². The van der Waals surface area contributed by atoms with Crippen molar-refractivity contribution in [1.82, 2.24) is 9.47 Å². The Morgan fingerprint density at radius 3 is 2.74 bits per heavy atom. The smallest absolute Gasteiger partial charge is 0.243 e. The number of amides is 1. The van der Waals surface area contributed by atoms with Gasteiger partial charge in [0.15, 0.2) is 0 Å². The quantitative estimate of drug-likeness (QED) is 0.678. The number of aryl methyl sites for hydroxylation is 2. The number of hydrogen-bond acceptors (Lipinski definition) is 2. The second-order valence-corrected chi connectivity index (χ2v) is 7.46. The van der Waals surface area contributed by atoms with Gasteiger partial charge in [0.1, 0.15) is 12.3 Å². The van der Waals surface area contributed by atoms with Crippen LogP contribution < -0.4 is 4.74 Å². The number of carbonyl (C=O) groups is 1. The molecule has 1 aliphatic rings. The van der Waals surface area contributed by atoms with Crippen LogP contribution in [0.2, 0.25) is 0 Å². The number of aromatic nitrogens is 1. The highest BCUT2D eigenvalue weighted by atomic mass is 16.5. The number of hydrogen-bond donors (Lipinski definition) is 0. The van der Waals surface area contributed by atoms with Gasteiger partial charge in [-0.3, -0.25) is 4.79 Å². The summed E-state index contributed by atoms with van der Waals surface area (Å²) in [4.78, 5) is 15.2. The molecule has 140 valence electrons. The van der Waals surface area contributed by atoms with Gasteiger partial charge in [0.05, 0.1) is 13.2 Å². The van der Waals surface area contributed by atoms with Crippen LogP contribution in [0.1, 0.15) is 35.6 Å². The Balaban J connectivity index is 1.56. The molecule has 0 radical (unpaired) electrons. The van der Waals surface area contributed by atoms with E-state index in [4.69, 9.17) is 4.74 Å². The lowest BCUT2D eigenvalue weighted by atomic mass is 9.99. The average molecular weight is 362 g/mol. The molecule has 0 spiro atoms. The minimum atomic E-state index is 0.184. The van der Waals surface area contributed by atoms with Crippen LogP contribution in [0, 0.1) is 13.8 Å². The molecule has 27 heavy (non-hydrogen) atoms. The zero-order valence-corrected chi connectivity index (χ0v) is 16.2. The third-order valence-electron chi connectivity index (χ3n) is 5.77. The van der Waals surface area contributed by atoms with E-state index in [9.17, 15) is 4.79 Å². The van der Waals surface area contributed by atoms with Crippen molar-refractivity contribution in [2.75, 3.05) is 13.7 Å². The largest absolute Gasteiger partial charge is 0.497 e. The molecule has 0 bridgehead atoms. The fourth-order valence-corrected chi connectivity index (χ4v) is 4.06. The van der Waals surface area contributed by atoms with Gasteiger partial charge in [0, 0.05) is 23.6 Å². The SMILES string of the molecule is COc1ccc2c(ccn2CC(=O)N2CCCC2c2ccc(C)c(C)c2)c1. The first-order valence-electron chi connectivity index (χ1n) is 9.56. The molecule has 4 rings (SSSR count). The third kappa shape index (κ3) is 3.32. The Labute approximate surface area is 160 Å². The molecule has 1 saturated heterocycles. The molecular formula is C23H26N2O2. The summed E-state index contributed by atoms with van der Waals surface area (Å²) in [5.41, 5.74) is 4.90. The first-order valence-corrected chi connectivity index (χ1v) is 9.56. The predicted molar refractivity (Wildman–Crippen MR) is 108 cm³/mol. The van der Waals surface area contributed by atoms with Crippen molar-refractivity contribution in [2.45, 2.75) is 39.3 Å². The fraction of sp³-hybridized carbons (Fsp3) is 0.348. The number of nitrogens with zero attached hydrogens (tertiary/aromatic N) is 2. The summed E-state index contributed by atoms with van der Waals surface area (Å²) < 4.78 is 7.33. The molecule has 1 aliphatic heterocycles. The Morgan fingerprint density at radius 2 is 1.96 bits per heavy atom. The van der Waals surface area contributed by atoms with Gasteiger partial charge in [-0.05, 0) is 67.6 Å². The van der Waals surface area contributed by atoms with Crippen molar-refractivity contribution in [2.24, 2.45) is 0 Å². The van der Waals surface area contributed by atoms with Gasteiger partial charge in [0.25, 0.3) is 0 Å². The van der Waals surface area contributed by atoms with E-state index in [0.29, 0.717) is 6.54 Å². The highest BCUT2D eigenvalue weighted by Crippen LogP contribution is 2.33. The number of ether oxygens (including phenoxy) is 1. The van der Waals surface area contributed by atoms with Gasteiger partial charge in [-0.15, -0.1) is 0 Å². The second kappa shape index (κ2) is 7.10. The lowest BCUT2D eigenvalue weighted by Gasteiger charge is -2.26. The van der Waals surface area contributed by atoms with Gasteiger partial charge in [0.2, 0.25) is 5.91 Å². The molecule has 3 aromatic rings. The lowest BCUT2D eigenvalue weighted by Crippen LogP contribution is -2.33. The highest BCUT2D eigenvalue weighted by Gasteiger charge is 2.30. The van der Waals surface area contributed by atoms with Crippen LogP contribution in [-0.4, -0.2) is 29.0 Å². The van der Waals surface area contributed by atoms with Crippen molar-refractivity contribution < 1.29 is 9.53 Å². The lowest BCUT2D eigenvalue weighted by molar-refractivity contribution is -0.132. The van der Waals surface area contributed by atoms with Crippen molar-refractivity contribution in [3.63, 3.8) is 0 Å². The molecule has 1 fully saturated rings. The van der Waals surface area contributed by atoms with Gasteiger partial charge < -0.3 is 14.2 Å². The van der Waals surface area contributed by atoms with Gasteiger partial charge in [-0.1, -0.05) is 18.2 Å². The molecule has 2 heterocycles. The van der Waals surface area contributed by atoms with Crippen molar-refractivity contribution in [3.05, 3.63) is 65.4 Å². The summed E-state index contributed by atoms with van der Waals surface area (Å²) in [6, 6.07) is 14.8. The molecule has 1 aromatic heterocycles. The Kier molecular flexibility index (Phi) is 4.65. The Bertz CT molecular complexity index is 989. The normalized spacial score (nSPS) is 16.9. The van der Waals surface area contributed by atoms with Crippen molar-refractivity contribution in [1.29, 1.82) is 0 Å². The highest BCUT2D eigenvalue weighted by molar-refractivity contribution is 5.84. The van der Waals surface area contributed by atoms with E-state index in [2.05, 4.69) is 36.9 Å². The number of benzene rings is 2. The van der Waals surface area contributed by atoms with Gasteiger partial charge in [-0.25, -0.2) is 0 Å². The summed E-state index contributed by atoms with van der Waals surface area (Å²) in [6.45, 7) is 5.48. The number of carbonyl (C=O) groups excluding carboxylic acids is 1. The van der Waals surface area contributed by atoms with Crippen LogP contribution in [0.3, 0.4) is 0 Å². The maximum Gasteiger partial charge on any atom is 0.243 e. The first kappa shape index (κ1) is 17.7.